The maximum atomic E-state index is 12.4. The van der Waals surface area contributed by atoms with E-state index in [0.29, 0.717) is 0 Å². The third-order valence-electron chi connectivity index (χ3n) is 0.912. The summed E-state index contributed by atoms with van der Waals surface area (Å²) in [5.41, 5.74) is 0. The van der Waals surface area contributed by atoms with Gasteiger partial charge in [0.15, 0.2) is 0 Å². The summed E-state index contributed by atoms with van der Waals surface area (Å²) >= 11 is 0. The Morgan fingerprint density at radius 1 is 1.50 bits per heavy atom. The van der Waals surface area contributed by atoms with E-state index >= 15 is 0 Å². The lowest BCUT2D eigenvalue weighted by molar-refractivity contribution is -0.126. The van der Waals surface area contributed by atoms with E-state index in [1.165, 1.54) is 14.1 Å². The van der Waals surface area contributed by atoms with E-state index < -0.39 is 17.5 Å². The molecule has 0 aliphatic carbocycles. The molecule has 0 aromatic heterocycles. The fourth-order valence-corrected chi connectivity index (χ4v) is 0.351. The third-order valence-corrected chi connectivity index (χ3v) is 0.912. The van der Waals surface area contributed by atoms with E-state index in [1.807, 2.05) is 0 Å². The highest BCUT2D eigenvalue weighted by molar-refractivity contribution is 5.91. The zero-order valence-corrected chi connectivity index (χ0v) is 6.18. The van der Waals surface area contributed by atoms with Gasteiger partial charge >= 0.3 is 0 Å². The van der Waals surface area contributed by atoms with E-state index in [1.54, 1.807) is 0 Å². The predicted octanol–water partition coefficient (Wildman–Crippen LogP) is 0.834. The van der Waals surface area contributed by atoms with Crippen molar-refractivity contribution < 1.29 is 14.3 Å². The molecule has 0 rings (SSSR count). The second kappa shape index (κ2) is 3.20. The largest absolute Gasteiger partial charge is 0.509 e. The number of hydrogen-bond donors (Lipinski definition) is 1. The molecule has 0 saturated heterocycles. The molecule has 0 aliphatic heterocycles. The van der Waals surface area contributed by atoms with Crippen LogP contribution in [0.4, 0.5) is 4.39 Å². The highest BCUT2D eigenvalue weighted by Crippen LogP contribution is 2.04. The van der Waals surface area contributed by atoms with E-state index in [0.717, 1.165) is 11.8 Å². The first-order valence-electron chi connectivity index (χ1n) is 2.73. The Bertz CT molecular complexity index is 171. The molecule has 4 heteroatoms. The summed E-state index contributed by atoms with van der Waals surface area (Å²) in [6.45, 7) is 1.12. The molecule has 0 atom stereocenters. The van der Waals surface area contributed by atoms with Gasteiger partial charge in [-0.25, -0.2) is 0 Å². The molecule has 58 valence electrons. The molecule has 0 fully saturated rings. The summed E-state index contributed by atoms with van der Waals surface area (Å²) in [7, 11) is 2.82. The number of nitrogens with zero attached hydrogens (tertiary/aromatic N) is 1. The fourth-order valence-electron chi connectivity index (χ4n) is 0.351. The standard InChI is InChI=1S/C6H10FNO2/c1-4(9)5(7)6(10)8(2)3/h9H,1-3H3/b5-4+. The van der Waals surface area contributed by atoms with Crippen molar-refractivity contribution in [3.63, 3.8) is 0 Å². The van der Waals surface area contributed by atoms with Gasteiger partial charge in [-0.2, -0.15) is 4.39 Å². The zero-order valence-electron chi connectivity index (χ0n) is 6.18. The third kappa shape index (κ3) is 2.05. The van der Waals surface area contributed by atoms with Crippen LogP contribution in [0.2, 0.25) is 0 Å². The summed E-state index contributed by atoms with van der Waals surface area (Å²) in [4.78, 5) is 11.7. The molecule has 0 aromatic rings. The van der Waals surface area contributed by atoms with Gasteiger partial charge in [0.05, 0.1) is 0 Å². The molecule has 0 bridgehead atoms. The number of amides is 1. The minimum atomic E-state index is -1.11. The van der Waals surface area contributed by atoms with Gasteiger partial charge in [0.1, 0.15) is 5.76 Å². The van der Waals surface area contributed by atoms with Crippen LogP contribution in [0.3, 0.4) is 0 Å². The first kappa shape index (κ1) is 8.94. The van der Waals surface area contributed by atoms with Gasteiger partial charge in [0, 0.05) is 14.1 Å². The van der Waals surface area contributed by atoms with Crippen LogP contribution in [-0.4, -0.2) is 30.0 Å². The predicted molar refractivity (Wildman–Crippen MR) is 35.1 cm³/mol. The molecule has 1 amide bonds. The Morgan fingerprint density at radius 3 is 2.00 bits per heavy atom. The molecule has 3 nitrogen and oxygen atoms in total. The number of aliphatic hydroxyl groups is 1. The lowest BCUT2D eigenvalue weighted by atomic mass is 10.4. The van der Waals surface area contributed by atoms with Crippen LogP contribution in [-0.2, 0) is 4.79 Å². The van der Waals surface area contributed by atoms with Crippen LogP contribution >= 0.6 is 0 Å². The first-order valence-corrected chi connectivity index (χ1v) is 2.73. The van der Waals surface area contributed by atoms with Gasteiger partial charge in [-0.3, -0.25) is 4.79 Å². The zero-order chi connectivity index (χ0) is 8.31. The van der Waals surface area contributed by atoms with Crippen molar-refractivity contribution in [3.05, 3.63) is 11.6 Å². The first-order chi connectivity index (χ1) is 4.46. The molecular weight excluding hydrogens is 137 g/mol. The lowest BCUT2D eigenvalue weighted by Gasteiger charge is -2.07. The molecule has 0 unspecified atom stereocenters. The van der Waals surface area contributed by atoms with Gasteiger partial charge in [0.2, 0.25) is 5.83 Å². The van der Waals surface area contributed by atoms with Crippen molar-refractivity contribution in [2.24, 2.45) is 0 Å². The Morgan fingerprint density at radius 2 is 1.90 bits per heavy atom. The summed E-state index contributed by atoms with van der Waals surface area (Å²) in [6.07, 6.45) is 0. The van der Waals surface area contributed by atoms with Gasteiger partial charge in [-0.05, 0) is 6.92 Å². The fraction of sp³-hybridized carbons (Fsp3) is 0.500. The summed E-state index contributed by atoms with van der Waals surface area (Å²) in [5.74, 6) is -2.51. The molecular formula is C6H10FNO2. The number of likely N-dealkylation sites (N-methyl/N-ethyl adjacent to an activating group) is 1. The van der Waals surface area contributed by atoms with Crippen molar-refractivity contribution in [2.45, 2.75) is 6.92 Å². The van der Waals surface area contributed by atoms with Crippen molar-refractivity contribution in [1.29, 1.82) is 0 Å². The number of rotatable bonds is 1. The van der Waals surface area contributed by atoms with Crippen molar-refractivity contribution in [2.75, 3.05) is 14.1 Å². The van der Waals surface area contributed by atoms with Gasteiger partial charge < -0.3 is 10.0 Å². The molecule has 0 aromatic carbocycles. The summed E-state index contributed by atoms with van der Waals surface area (Å²) < 4.78 is 12.4. The number of halogens is 1. The molecule has 0 saturated carbocycles. The molecule has 0 aliphatic rings. The average Bonchev–Trinajstić information content (AvgIpc) is 1.84. The Kier molecular flexibility index (Phi) is 2.86. The molecule has 10 heavy (non-hydrogen) atoms. The number of hydrogen-bond acceptors (Lipinski definition) is 2. The van der Waals surface area contributed by atoms with E-state index in [-0.39, 0.29) is 0 Å². The van der Waals surface area contributed by atoms with E-state index in [2.05, 4.69) is 0 Å². The van der Waals surface area contributed by atoms with Gasteiger partial charge in [-0.1, -0.05) is 0 Å². The van der Waals surface area contributed by atoms with Crippen LogP contribution in [0.25, 0.3) is 0 Å². The average molecular weight is 147 g/mol. The normalized spacial score (nSPS) is 12.4. The molecule has 1 N–H and O–H groups in total. The minimum absolute atomic E-state index is 0.585. The van der Waals surface area contributed by atoms with Crippen molar-refractivity contribution >= 4 is 5.91 Å². The summed E-state index contributed by atoms with van der Waals surface area (Å²) in [5, 5.41) is 8.50. The molecule has 0 spiro atoms. The van der Waals surface area contributed by atoms with E-state index in [4.69, 9.17) is 5.11 Å². The second-order valence-corrected chi connectivity index (χ2v) is 2.10. The van der Waals surface area contributed by atoms with Crippen molar-refractivity contribution in [3.8, 4) is 0 Å². The van der Waals surface area contributed by atoms with Crippen molar-refractivity contribution in [1.82, 2.24) is 4.90 Å². The van der Waals surface area contributed by atoms with Crippen LogP contribution in [0.15, 0.2) is 11.6 Å². The lowest BCUT2D eigenvalue weighted by Crippen LogP contribution is -2.22. The highest BCUT2D eigenvalue weighted by atomic mass is 19.1. The van der Waals surface area contributed by atoms with Crippen LogP contribution < -0.4 is 0 Å². The second-order valence-electron chi connectivity index (χ2n) is 2.10. The maximum absolute atomic E-state index is 12.4. The highest BCUT2D eigenvalue weighted by Gasteiger charge is 2.13. The quantitative estimate of drug-likeness (QED) is 0.441. The minimum Gasteiger partial charge on any atom is -0.509 e. The smallest absolute Gasteiger partial charge is 0.285 e. The molecule has 0 radical (unpaired) electrons. The monoisotopic (exact) mass is 147 g/mol. The summed E-state index contributed by atoms with van der Waals surface area (Å²) in [6, 6.07) is 0. The number of carbonyl (C=O) groups is 1. The number of carbonyl (C=O) groups excluding carboxylic acids is 1. The Hall–Kier alpha value is -1.06. The SMILES string of the molecule is C/C(O)=C(\F)C(=O)N(C)C. The number of aliphatic hydroxyl groups excluding tert-OH is 1. The van der Waals surface area contributed by atoms with Gasteiger partial charge in [-0.15, -0.1) is 0 Å². The Balaban J connectivity index is 4.38. The van der Waals surface area contributed by atoms with E-state index in [9.17, 15) is 9.18 Å². The number of allylic oxidation sites excluding steroid dienone is 1. The van der Waals surface area contributed by atoms with Gasteiger partial charge in [0.25, 0.3) is 5.91 Å². The van der Waals surface area contributed by atoms with Crippen LogP contribution in [0.1, 0.15) is 6.92 Å². The van der Waals surface area contributed by atoms with Crippen LogP contribution in [0.5, 0.6) is 0 Å². The molecule has 0 heterocycles. The topological polar surface area (TPSA) is 40.5 Å². The van der Waals surface area contributed by atoms with Crippen LogP contribution in [0, 0.1) is 0 Å². The Labute approximate surface area is 58.8 Å². The maximum Gasteiger partial charge on any atom is 0.285 e.